The number of nitrogens with zero attached hydrogens (tertiary/aromatic N) is 2. The number of halogens is 1. The lowest BCUT2D eigenvalue weighted by Crippen LogP contribution is -2.36. The van der Waals surface area contributed by atoms with Crippen LogP contribution >= 0.6 is 11.6 Å². The Morgan fingerprint density at radius 2 is 2.17 bits per heavy atom. The fraction of sp³-hybridized carbons (Fsp3) is 0.318. The number of aromatic nitrogens is 1. The quantitative estimate of drug-likeness (QED) is 0.446. The van der Waals surface area contributed by atoms with Crippen LogP contribution in [0.3, 0.4) is 0 Å². The first-order chi connectivity index (χ1) is 14.5. The first-order valence-corrected chi connectivity index (χ1v) is 10.0. The molecule has 0 bridgehead atoms. The van der Waals surface area contributed by atoms with Gasteiger partial charge < -0.3 is 19.5 Å². The Labute approximate surface area is 178 Å². The topological polar surface area (TPSA) is 89.0 Å². The van der Waals surface area contributed by atoms with Gasteiger partial charge in [0.25, 0.3) is 11.7 Å². The largest absolute Gasteiger partial charge is 0.507 e. The molecule has 8 heteroatoms. The number of carbonyl (C=O) groups is 2. The van der Waals surface area contributed by atoms with Crippen molar-refractivity contribution >= 4 is 29.1 Å². The summed E-state index contributed by atoms with van der Waals surface area (Å²) in [4.78, 5) is 31.7. The van der Waals surface area contributed by atoms with E-state index in [1.54, 1.807) is 36.5 Å². The molecule has 3 heterocycles. The molecule has 0 radical (unpaired) electrons. The molecule has 2 aliphatic heterocycles. The van der Waals surface area contributed by atoms with E-state index in [0.29, 0.717) is 18.1 Å². The minimum Gasteiger partial charge on any atom is -0.507 e. The van der Waals surface area contributed by atoms with E-state index in [0.717, 1.165) is 12.8 Å². The lowest BCUT2D eigenvalue weighted by Gasteiger charge is -2.26. The van der Waals surface area contributed by atoms with E-state index in [1.807, 2.05) is 0 Å². The van der Waals surface area contributed by atoms with Crippen molar-refractivity contribution in [2.45, 2.75) is 25.0 Å². The molecule has 30 heavy (non-hydrogen) atoms. The van der Waals surface area contributed by atoms with Crippen molar-refractivity contribution in [2.24, 2.45) is 0 Å². The highest BCUT2D eigenvalue weighted by molar-refractivity contribution is 6.47. The van der Waals surface area contributed by atoms with E-state index in [2.05, 4.69) is 4.98 Å². The fourth-order valence-electron chi connectivity index (χ4n) is 3.88. The van der Waals surface area contributed by atoms with Gasteiger partial charge in [-0.1, -0.05) is 17.7 Å². The number of carbonyl (C=O) groups excluding carboxylic acids is 2. The van der Waals surface area contributed by atoms with Crippen LogP contribution in [-0.2, 0) is 14.3 Å². The zero-order valence-corrected chi connectivity index (χ0v) is 17.1. The lowest BCUT2D eigenvalue weighted by molar-refractivity contribution is -0.140. The molecule has 7 nitrogen and oxygen atoms in total. The van der Waals surface area contributed by atoms with Crippen LogP contribution in [0.15, 0.2) is 48.2 Å². The number of methoxy groups -OCH3 is 1. The van der Waals surface area contributed by atoms with Gasteiger partial charge in [-0.2, -0.15) is 0 Å². The molecule has 4 rings (SSSR count). The molecule has 2 unspecified atom stereocenters. The van der Waals surface area contributed by atoms with Gasteiger partial charge >= 0.3 is 0 Å². The first kappa shape index (κ1) is 20.4. The zero-order chi connectivity index (χ0) is 21.3. The molecule has 2 atom stereocenters. The summed E-state index contributed by atoms with van der Waals surface area (Å²) in [6, 6.07) is 9.14. The predicted molar refractivity (Wildman–Crippen MR) is 110 cm³/mol. The molecular weight excluding hydrogens is 408 g/mol. The van der Waals surface area contributed by atoms with Gasteiger partial charge in [-0.3, -0.25) is 14.6 Å². The summed E-state index contributed by atoms with van der Waals surface area (Å²) in [5.41, 5.74) is 0.647. The normalized spacial score (nSPS) is 23.2. The maximum absolute atomic E-state index is 13.0. The maximum atomic E-state index is 13.0. The van der Waals surface area contributed by atoms with E-state index < -0.39 is 17.7 Å². The van der Waals surface area contributed by atoms with Crippen molar-refractivity contribution in [3.8, 4) is 5.75 Å². The average Bonchev–Trinajstić information content (AvgIpc) is 3.36. The Morgan fingerprint density at radius 1 is 1.33 bits per heavy atom. The predicted octanol–water partition coefficient (Wildman–Crippen LogP) is 3.34. The number of likely N-dealkylation sites (tertiary alicyclic amines) is 1. The minimum atomic E-state index is -0.835. The molecule has 0 saturated carbocycles. The molecule has 2 aliphatic rings. The molecule has 156 valence electrons. The van der Waals surface area contributed by atoms with Gasteiger partial charge in [0, 0.05) is 24.9 Å². The summed E-state index contributed by atoms with van der Waals surface area (Å²) in [5, 5.41) is 11.3. The highest BCUT2D eigenvalue weighted by atomic mass is 35.5. The summed E-state index contributed by atoms with van der Waals surface area (Å²) < 4.78 is 10.9. The molecule has 1 aromatic heterocycles. The Hall–Kier alpha value is -2.90. The number of rotatable bonds is 5. The number of ether oxygens (including phenoxy) is 2. The van der Waals surface area contributed by atoms with E-state index in [1.165, 1.54) is 18.1 Å². The fourth-order valence-corrected chi connectivity index (χ4v) is 4.09. The molecule has 1 aromatic carbocycles. The number of pyridine rings is 1. The van der Waals surface area contributed by atoms with E-state index in [-0.39, 0.29) is 34.6 Å². The molecule has 2 aromatic rings. The number of hydrogen-bond donors (Lipinski definition) is 1. The molecule has 1 N–H and O–H groups in total. The van der Waals surface area contributed by atoms with Crippen LogP contribution in [0.1, 0.15) is 30.1 Å². The minimum absolute atomic E-state index is 0.0492. The zero-order valence-electron chi connectivity index (χ0n) is 16.4. The lowest BCUT2D eigenvalue weighted by atomic mass is 9.98. The highest BCUT2D eigenvalue weighted by Gasteiger charge is 2.47. The van der Waals surface area contributed by atoms with Crippen LogP contribution in [0, 0.1) is 0 Å². The molecule has 0 aliphatic carbocycles. The number of aliphatic hydroxyl groups is 1. The summed E-state index contributed by atoms with van der Waals surface area (Å²) in [6.45, 7) is 0.872. The summed E-state index contributed by atoms with van der Waals surface area (Å²) in [5.74, 6) is -1.37. The van der Waals surface area contributed by atoms with Crippen LogP contribution in [0.4, 0.5) is 0 Å². The van der Waals surface area contributed by atoms with Crippen molar-refractivity contribution < 1.29 is 24.2 Å². The first-order valence-electron chi connectivity index (χ1n) is 9.66. The number of amides is 1. The number of hydrogen-bond acceptors (Lipinski definition) is 6. The van der Waals surface area contributed by atoms with Gasteiger partial charge in [-0.05, 0) is 43.2 Å². The summed E-state index contributed by atoms with van der Waals surface area (Å²) in [6.07, 6.45) is 3.14. The summed E-state index contributed by atoms with van der Waals surface area (Å²) in [7, 11) is 1.49. The van der Waals surface area contributed by atoms with Gasteiger partial charge in [0.05, 0.1) is 29.5 Å². The van der Waals surface area contributed by atoms with Gasteiger partial charge in [0.15, 0.2) is 0 Å². The second kappa shape index (κ2) is 8.45. The third-order valence-electron chi connectivity index (χ3n) is 5.36. The SMILES string of the molecule is COc1ccc(Cl)c(/C(O)=C2\C(=O)C(=O)N(CC3CCCO3)C2c2ccccn2)c1. The van der Waals surface area contributed by atoms with Gasteiger partial charge in [0.2, 0.25) is 0 Å². The van der Waals surface area contributed by atoms with E-state index >= 15 is 0 Å². The Morgan fingerprint density at radius 3 is 2.83 bits per heavy atom. The van der Waals surface area contributed by atoms with Crippen LogP contribution in [0.2, 0.25) is 5.02 Å². The van der Waals surface area contributed by atoms with Crippen LogP contribution in [-0.4, -0.2) is 53.0 Å². The molecule has 1 amide bonds. The average molecular weight is 429 g/mol. The van der Waals surface area contributed by atoms with Crippen molar-refractivity contribution in [2.75, 3.05) is 20.3 Å². The number of Topliss-reactive ketones (excluding diaryl/α,β-unsaturated/α-hetero) is 1. The highest BCUT2D eigenvalue weighted by Crippen LogP contribution is 2.40. The smallest absolute Gasteiger partial charge is 0.295 e. The molecule has 2 fully saturated rings. The van der Waals surface area contributed by atoms with Crippen molar-refractivity contribution in [1.82, 2.24) is 9.88 Å². The third-order valence-corrected chi connectivity index (χ3v) is 5.69. The number of benzene rings is 1. The van der Waals surface area contributed by atoms with Crippen LogP contribution in [0.5, 0.6) is 5.75 Å². The Kier molecular flexibility index (Phi) is 5.74. The van der Waals surface area contributed by atoms with Gasteiger partial charge in [0.1, 0.15) is 17.6 Å². The number of ketones is 1. The van der Waals surface area contributed by atoms with Crippen LogP contribution < -0.4 is 4.74 Å². The van der Waals surface area contributed by atoms with Crippen LogP contribution in [0.25, 0.3) is 5.76 Å². The second-order valence-electron chi connectivity index (χ2n) is 7.19. The van der Waals surface area contributed by atoms with Crippen molar-refractivity contribution in [1.29, 1.82) is 0 Å². The second-order valence-corrected chi connectivity index (χ2v) is 7.59. The number of aliphatic hydroxyl groups excluding tert-OH is 1. The molecule has 2 saturated heterocycles. The van der Waals surface area contributed by atoms with Gasteiger partial charge in [-0.15, -0.1) is 0 Å². The van der Waals surface area contributed by atoms with Crippen molar-refractivity contribution in [3.63, 3.8) is 0 Å². The maximum Gasteiger partial charge on any atom is 0.295 e. The Bertz CT molecular complexity index is 1000. The Balaban J connectivity index is 1.85. The van der Waals surface area contributed by atoms with Gasteiger partial charge in [-0.25, -0.2) is 0 Å². The summed E-state index contributed by atoms with van der Waals surface area (Å²) >= 11 is 6.28. The molecular formula is C22H21ClN2O5. The third kappa shape index (κ3) is 3.66. The van der Waals surface area contributed by atoms with E-state index in [9.17, 15) is 14.7 Å². The monoisotopic (exact) mass is 428 g/mol. The van der Waals surface area contributed by atoms with Crippen molar-refractivity contribution in [3.05, 3.63) is 64.4 Å². The molecule has 0 spiro atoms. The van der Waals surface area contributed by atoms with E-state index in [4.69, 9.17) is 21.1 Å². The standard InChI is InChI=1S/C22H21ClN2O5/c1-29-13-7-8-16(23)15(11-13)20(26)18-19(17-6-2-3-9-24-17)25(22(28)21(18)27)12-14-5-4-10-30-14/h2-3,6-9,11,14,19,26H,4-5,10,12H2,1H3/b20-18+.